The molecule has 0 spiro atoms. The maximum absolute atomic E-state index is 12.4. The van der Waals surface area contributed by atoms with Crippen molar-refractivity contribution in [3.63, 3.8) is 0 Å². The highest BCUT2D eigenvalue weighted by Gasteiger charge is 2.20. The predicted octanol–water partition coefficient (Wildman–Crippen LogP) is 4.50. The number of hydrogen-bond donors (Lipinski definition) is 2. The zero-order valence-corrected chi connectivity index (χ0v) is 15.6. The topological polar surface area (TPSA) is 58.2 Å². The van der Waals surface area contributed by atoms with E-state index >= 15 is 0 Å². The van der Waals surface area contributed by atoms with Crippen molar-refractivity contribution < 1.29 is 9.59 Å². The number of nitrogens with one attached hydrogen (secondary N) is 2. The Labute approximate surface area is 155 Å². The van der Waals surface area contributed by atoms with Gasteiger partial charge in [-0.25, -0.2) is 0 Å². The molecule has 0 unspecified atom stereocenters. The molecular weight excluding hydrogens is 367 g/mol. The lowest BCUT2D eigenvalue weighted by Crippen LogP contribution is -2.33. The summed E-state index contributed by atoms with van der Waals surface area (Å²) in [5, 5.41) is 8.69. The third-order valence-corrected chi connectivity index (χ3v) is 5.01. The van der Waals surface area contributed by atoms with E-state index in [2.05, 4.69) is 10.6 Å². The first-order valence-electron chi connectivity index (χ1n) is 7.41. The van der Waals surface area contributed by atoms with Crippen LogP contribution in [-0.2, 0) is 9.59 Å². The monoisotopic (exact) mass is 384 g/mol. The normalized spacial score (nSPS) is 13.2. The van der Waals surface area contributed by atoms with Crippen molar-refractivity contribution in [3.05, 3.63) is 56.2 Å². The fourth-order valence-electron chi connectivity index (χ4n) is 2.37. The lowest BCUT2D eigenvalue weighted by molar-refractivity contribution is -0.123. The fraction of sp³-hybridized carbons (Fsp3) is 0.294. The van der Waals surface area contributed by atoms with Crippen LogP contribution >= 0.6 is 34.5 Å². The van der Waals surface area contributed by atoms with Crippen molar-refractivity contribution >= 4 is 46.4 Å². The molecular formula is C17H18Cl2N2O2S. The molecule has 0 saturated heterocycles. The molecule has 0 radical (unpaired) electrons. The summed E-state index contributed by atoms with van der Waals surface area (Å²) >= 11 is 13.6. The van der Waals surface area contributed by atoms with Crippen LogP contribution in [0.2, 0.25) is 10.0 Å². The number of carbonyl (C=O) groups is 2. The number of amides is 2. The molecule has 0 bridgehead atoms. The van der Waals surface area contributed by atoms with Crippen LogP contribution in [0, 0.1) is 0 Å². The van der Waals surface area contributed by atoms with Crippen LogP contribution in [0.25, 0.3) is 0 Å². The maximum atomic E-state index is 12.4. The molecule has 2 amide bonds. The standard InChI is InChI=1S/C17H18Cl2N2O2S/c1-10(13-6-5-12(18)8-14(13)19)20-17(23)9-15(21-11(2)22)16-4-3-7-24-16/h3-8,10,15H,9H2,1-2H3,(H,20,23)(H,21,22)/t10-,15+/m0/s1. The molecule has 1 heterocycles. The second kappa shape index (κ2) is 8.51. The predicted molar refractivity (Wildman–Crippen MR) is 98.5 cm³/mol. The third-order valence-electron chi connectivity index (χ3n) is 3.46. The van der Waals surface area contributed by atoms with E-state index in [0.29, 0.717) is 10.0 Å². The number of rotatable bonds is 6. The average Bonchev–Trinajstić information content (AvgIpc) is 2.99. The smallest absolute Gasteiger partial charge is 0.222 e. The van der Waals surface area contributed by atoms with Gasteiger partial charge in [0.05, 0.1) is 18.5 Å². The number of hydrogen-bond acceptors (Lipinski definition) is 3. The lowest BCUT2D eigenvalue weighted by Gasteiger charge is -2.19. The average molecular weight is 385 g/mol. The van der Waals surface area contributed by atoms with Crippen molar-refractivity contribution in [3.8, 4) is 0 Å². The Kier molecular flexibility index (Phi) is 6.66. The van der Waals surface area contributed by atoms with E-state index in [0.717, 1.165) is 10.4 Å². The second-order valence-electron chi connectivity index (χ2n) is 5.43. The molecule has 2 N–H and O–H groups in total. The molecule has 0 aliphatic heterocycles. The third kappa shape index (κ3) is 5.23. The molecule has 2 aromatic rings. The van der Waals surface area contributed by atoms with E-state index in [-0.39, 0.29) is 30.3 Å². The van der Waals surface area contributed by atoms with E-state index < -0.39 is 0 Å². The van der Waals surface area contributed by atoms with Crippen LogP contribution in [0.3, 0.4) is 0 Å². The first-order valence-corrected chi connectivity index (χ1v) is 9.05. The Balaban J connectivity index is 2.03. The quantitative estimate of drug-likeness (QED) is 0.769. The largest absolute Gasteiger partial charge is 0.349 e. The van der Waals surface area contributed by atoms with E-state index in [1.54, 1.807) is 18.2 Å². The molecule has 2 atom stereocenters. The van der Waals surface area contributed by atoms with Crippen molar-refractivity contribution in [2.75, 3.05) is 0 Å². The Morgan fingerprint density at radius 1 is 1.21 bits per heavy atom. The summed E-state index contributed by atoms with van der Waals surface area (Å²) < 4.78 is 0. The molecule has 0 saturated carbocycles. The van der Waals surface area contributed by atoms with Crippen molar-refractivity contribution in [2.24, 2.45) is 0 Å². The van der Waals surface area contributed by atoms with Gasteiger partial charge in [-0.3, -0.25) is 9.59 Å². The second-order valence-corrected chi connectivity index (χ2v) is 7.25. The first kappa shape index (κ1) is 18.8. The van der Waals surface area contributed by atoms with Gasteiger partial charge in [0.2, 0.25) is 11.8 Å². The molecule has 0 aliphatic rings. The summed E-state index contributed by atoms with van der Waals surface area (Å²) in [5.41, 5.74) is 0.793. The van der Waals surface area contributed by atoms with E-state index in [4.69, 9.17) is 23.2 Å². The molecule has 0 aliphatic carbocycles. The van der Waals surface area contributed by atoms with Gasteiger partial charge < -0.3 is 10.6 Å². The lowest BCUT2D eigenvalue weighted by atomic mass is 10.1. The van der Waals surface area contributed by atoms with Crippen LogP contribution in [0.4, 0.5) is 0 Å². The van der Waals surface area contributed by atoms with Gasteiger partial charge in [0.15, 0.2) is 0 Å². The van der Waals surface area contributed by atoms with Crippen LogP contribution in [0.15, 0.2) is 35.7 Å². The van der Waals surface area contributed by atoms with Gasteiger partial charge in [0.1, 0.15) is 0 Å². The summed E-state index contributed by atoms with van der Waals surface area (Å²) in [5.74, 6) is -0.337. The highest BCUT2D eigenvalue weighted by atomic mass is 35.5. The number of carbonyl (C=O) groups excluding carboxylic acids is 2. The van der Waals surface area contributed by atoms with Gasteiger partial charge in [-0.2, -0.15) is 0 Å². The minimum atomic E-state index is -0.338. The van der Waals surface area contributed by atoms with Gasteiger partial charge in [-0.15, -0.1) is 11.3 Å². The maximum Gasteiger partial charge on any atom is 0.222 e. The highest BCUT2D eigenvalue weighted by Crippen LogP contribution is 2.27. The van der Waals surface area contributed by atoms with Crippen LogP contribution in [0.1, 0.15) is 42.8 Å². The van der Waals surface area contributed by atoms with Gasteiger partial charge in [0.25, 0.3) is 0 Å². The van der Waals surface area contributed by atoms with Gasteiger partial charge >= 0.3 is 0 Å². The van der Waals surface area contributed by atoms with E-state index in [1.807, 2.05) is 24.4 Å². The van der Waals surface area contributed by atoms with Gasteiger partial charge in [-0.05, 0) is 36.1 Å². The Bertz CT molecular complexity index is 719. The minimum Gasteiger partial charge on any atom is -0.349 e. The van der Waals surface area contributed by atoms with Crippen LogP contribution in [-0.4, -0.2) is 11.8 Å². The molecule has 2 rings (SSSR count). The SMILES string of the molecule is CC(=O)N[C@H](CC(=O)N[C@@H](C)c1ccc(Cl)cc1Cl)c1cccs1. The van der Waals surface area contributed by atoms with Crippen molar-refractivity contribution in [2.45, 2.75) is 32.4 Å². The van der Waals surface area contributed by atoms with E-state index in [1.165, 1.54) is 18.3 Å². The molecule has 7 heteroatoms. The van der Waals surface area contributed by atoms with E-state index in [9.17, 15) is 9.59 Å². The number of benzene rings is 1. The summed E-state index contributed by atoms with van der Waals surface area (Å²) in [6.07, 6.45) is 0.162. The minimum absolute atomic E-state index is 0.162. The highest BCUT2D eigenvalue weighted by molar-refractivity contribution is 7.10. The summed E-state index contributed by atoms with van der Waals surface area (Å²) in [6, 6.07) is 8.37. The first-order chi connectivity index (χ1) is 11.4. The number of thiophene rings is 1. The number of halogens is 2. The van der Waals surface area contributed by atoms with Crippen LogP contribution < -0.4 is 10.6 Å². The van der Waals surface area contributed by atoms with Crippen molar-refractivity contribution in [1.82, 2.24) is 10.6 Å². The summed E-state index contributed by atoms with van der Waals surface area (Å²) in [7, 11) is 0. The molecule has 4 nitrogen and oxygen atoms in total. The molecule has 24 heavy (non-hydrogen) atoms. The van der Waals surface area contributed by atoms with Crippen molar-refractivity contribution in [1.29, 1.82) is 0 Å². The zero-order chi connectivity index (χ0) is 17.7. The fourth-order valence-corrected chi connectivity index (χ4v) is 3.72. The summed E-state index contributed by atoms with van der Waals surface area (Å²) in [4.78, 5) is 24.7. The van der Waals surface area contributed by atoms with Gasteiger partial charge in [-0.1, -0.05) is 35.3 Å². The van der Waals surface area contributed by atoms with Crippen LogP contribution in [0.5, 0.6) is 0 Å². The molecule has 1 aromatic heterocycles. The Hall–Kier alpha value is -1.56. The Morgan fingerprint density at radius 3 is 2.54 bits per heavy atom. The molecule has 0 fully saturated rings. The molecule has 1 aromatic carbocycles. The van der Waals surface area contributed by atoms with Gasteiger partial charge in [0, 0.05) is 21.8 Å². The summed E-state index contributed by atoms with van der Waals surface area (Å²) in [6.45, 7) is 3.29. The molecule has 128 valence electrons. The Morgan fingerprint density at radius 2 is 1.96 bits per heavy atom. The zero-order valence-electron chi connectivity index (χ0n) is 13.3.